The zero-order valence-electron chi connectivity index (χ0n) is 13.2. The fourth-order valence-electron chi connectivity index (χ4n) is 2.31. The Bertz CT molecular complexity index is 1020. The number of furan rings is 1. The highest BCUT2D eigenvalue weighted by molar-refractivity contribution is 9.10. The first-order valence-electron chi connectivity index (χ1n) is 7.47. The van der Waals surface area contributed by atoms with E-state index in [-0.39, 0.29) is 11.5 Å². The molecule has 1 aromatic heterocycles. The van der Waals surface area contributed by atoms with E-state index in [2.05, 4.69) is 31.9 Å². The molecule has 7 heteroatoms. The molecule has 5 nitrogen and oxygen atoms in total. The van der Waals surface area contributed by atoms with Gasteiger partial charge in [0.05, 0.1) is 4.92 Å². The molecule has 0 amide bonds. The van der Waals surface area contributed by atoms with Crippen LogP contribution >= 0.6 is 31.9 Å². The highest BCUT2D eigenvalue weighted by Gasteiger charge is 2.13. The third-order valence-electron chi connectivity index (χ3n) is 3.59. The van der Waals surface area contributed by atoms with Crippen molar-refractivity contribution >= 4 is 49.4 Å². The van der Waals surface area contributed by atoms with Crippen molar-refractivity contribution in [2.75, 3.05) is 0 Å². The van der Waals surface area contributed by atoms with Crippen molar-refractivity contribution in [2.45, 2.75) is 0 Å². The average Bonchev–Trinajstić information content (AvgIpc) is 3.08. The monoisotopic (exact) mass is 475 g/mol. The number of carbonyl (C=O) groups is 1. The van der Waals surface area contributed by atoms with Crippen LogP contribution in [-0.4, -0.2) is 10.7 Å². The molecular weight excluding hydrogens is 466 g/mol. The number of hydrogen-bond acceptors (Lipinski definition) is 4. The van der Waals surface area contributed by atoms with Gasteiger partial charge in [0.2, 0.25) is 0 Å². The van der Waals surface area contributed by atoms with Crippen molar-refractivity contribution in [1.29, 1.82) is 0 Å². The molecule has 0 N–H and O–H groups in total. The molecule has 0 aliphatic rings. The number of rotatable bonds is 5. The van der Waals surface area contributed by atoms with E-state index in [1.807, 2.05) is 6.07 Å². The topological polar surface area (TPSA) is 73.3 Å². The summed E-state index contributed by atoms with van der Waals surface area (Å²) in [4.78, 5) is 22.6. The average molecular weight is 477 g/mol. The summed E-state index contributed by atoms with van der Waals surface area (Å²) in [6, 6.07) is 15.1. The summed E-state index contributed by atoms with van der Waals surface area (Å²) in [5, 5.41) is 10.8. The van der Waals surface area contributed by atoms with Gasteiger partial charge in [-0.3, -0.25) is 14.9 Å². The minimum atomic E-state index is -0.460. The summed E-state index contributed by atoms with van der Waals surface area (Å²) in [6.07, 6.45) is 3.03. The van der Waals surface area contributed by atoms with Crippen molar-refractivity contribution in [2.24, 2.45) is 0 Å². The first-order chi connectivity index (χ1) is 12.5. The van der Waals surface area contributed by atoms with E-state index < -0.39 is 4.92 Å². The van der Waals surface area contributed by atoms with Gasteiger partial charge >= 0.3 is 0 Å². The van der Waals surface area contributed by atoms with Crippen LogP contribution < -0.4 is 0 Å². The highest BCUT2D eigenvalue weighted by atomic mass is 79.9. The lowest BCUT2D eigenvalue weighted by Gasteiger charge is -2.01. The summed E-state index contributed by atoms with van der Waals surface area (Å²) in [6.45, 7) is 0. The lowest BCUT2D eigenvalue weighted by atomic mass is 10.1. The molecule has 0 saturated carbocycles. The Kier molecular flexibility index (Phi) is 5.49. The maximum Gasteiger partial charge on any atom is 0.270 e. The Morgan fingerprint density at radius 3 is 2.50 bits per heavy atom. The molecule has 0 unspecified atom stereocenters. The van der Waals surface area contributed by atoms with Crippen molar-refractivity contribution in [1.82, 2.24) is 0 Å². The van der Waals surface area contributed by atoms with Crippen LogP contribution in [0, 0.1) is 10.1 Å². The van der Waals surface area contributed by atoms with Crippen molar-refractivity contribution in [3.8, 4) is 11.3 Å². The second-order valence-electron chi connectivity index (χ2n) is 5.30. The van der Waals surface area contributed by atoms with Gasteiger partial charge in [-0.05, 0) is 58.4 Å². The molecule has 130 valence electrons. The smallest absolute Gasteiger partial charge is 0.270 e. The summed E-state index contributed by atoms with van der Waals surface area (Å²) in [5.41, 5.74) is 1.24. The summed E-state index contributed by atoms with van der Waals surface area (Å²) in [5.74, 6) is 0.900. The SMILES string of the molecule is O=C(C=Cc1ccc(-c2ccc([N+](=O)[O-])cc2Br)o1)c1ccccc1Br. The number of ketones is 1. The molecule has 0 atom stereocenters. The van der Waals surface area contributed by atoms with Gasteiger partial charge in [0.25, 0.3) is 5.69 Å². The van der Waals surface area contributed by atoms with Crippen LogP contribution in [0.4, 0.5) is 5.69 Å². The van der Waals surface area contributed by atoms with E-state index in [0.717, 1.165) is 4.47 Å². The molecule has 3 rings (SSSR count). The summed E-state index contributed by atoms with van der Waals surface area (Å²) >= 11 is 6.67. The molecule has 26 heavy (non-hydrogen) atoms. The Morgan fingerprint density at radius 2 is 1.81 bits per heavy atom. The second kappa shape index (κ2) is 7.80. The Balaban J connectivity index is 1.81. The van der Waals surface area contributed by atoms with Crippen LogP contribution in [0.2, 0.25) is 0 Å². The fourth-order valence-corrected chi connectivity index (χ4v) is 3.36. The lowest BCUT2D eigenvalue weighted by Crippen LogP contribution is -1.94. The van der Waals surface area contributed by atoms with Crippen LogP contribution in [0.3, 0.4) is 0 Å². The Labute approximate surface area is 165 Å². The first kappa shape index (κ1) is 18.3. The Morgan fingerprint density at radius 1 is 1.04 bits per heavy atom. The molecular formula is C19H11Br2NO4. The molecule has 3 aromatic rings. The molecule has 0 saturated heterocycles. The standard InChI is InChI=1S/C19H11Br2NO4/c20-16-4-2-1-3-14(16)18(23)9-6-13-7-10-19(26-13)15-8-5-12(22(24)25)11-17(15)21/h1-11H. The van der Waals surface area contributed by atoms with Crippen LogP contribution in [0.5, 0.6) is 0 Å². The minimum absolute atomic E-state index is 0.00802. The predicted molar refractivity (Wildman–Crippen MR) is 106 cm³/mol. The number of benzene rings is 2. The van der Waals surface area contributed by atoms with Gasteiger partial charge in [-0.2, -0.15) is 0 Å². The van der Waals surface area contributed by atoms with E-state index >= 15 is 0 Å². The first-order valence-corrected chi connectivity index (χ1v) is 9.05. The molecule has 1 heterocycles. The molecule has 0 fully saturated rings. The second-order valence-corrected chi connectivity index (χ2v) is 7.01. The normalized spacial score (nSPS) is 11.0. The number of halogens is 2. The number of nitrogens with zero attached hydrogens (tertiary/aromatic N) is 1. The van der Waals surface area contributed by atoms with Gasteiger partial charge in [0.1, 0.15) is 11.5 Å². The quantitative estimate of drug-likeness (QED) is 0.188. The predicted octanol–water partition coefficient (Wildman–Crippen LogP) is 6.28. The molecule has 0 radical (unpaired) electrons. The number of non-ortho nitro benzene ring substituents is 1. The maximum atomic E-state index is 12.2. The number of carbonyl (C=O) groups excluding carboxylic acids is 1. The van der Waals surface area contributed by atoms with Gasteiger partial charge < -0.3 is 4.42 Å². The number of nitro groups is 1. The van der Waals surface area contributed by atoms with E-state index in [4.69, 9.17) is 4.42 Å². The number of nitro benzene ring substituents is 1. The largest absolute Gasteiger partial charge is 0.457 e. The van der Waals surface area contributed by atoms with Crippen molar-refractivity contribution < 1.29 is 14.1 Å². The minimum Gasteiger partial charge on any atom is -0.457 e. The van der Waals surface area contributed by atoms with Crippen molar-refractivity contribution in [3.63, 3.8) is 0 Å². The van der Waals surface area contributed by atoms with E-state index in [0.29, 0.717) is 27.1 Å². The van der Waals surface area contributed by atoms with Crippen molar-refractivity contribution in [3.05, 3.63) is 91.1 Å². The third-order valence-corrected chi connectivity index (χ3v) is 4.94. The van der Waals surface area contributed by atoms with Crippen LogP contribution in [-0.2, 0) is 0 Å². The van der Waals surface area contributed by atoms with Gasteiger partial charge in [-0.25, -0.2) is 0 Å². The Hall–Kier alpha value is -2.51. The van der Waals surface area contributed by atoms with Gasteiger partial charge in [-0.1, -0.05) is 28.1 Å². The fraction of sp³-hybridized carbons (Fsp3) is 0. The number of hydrogen-bond donors (Lipinski definition) is 0. The third kappa shape index (κ3) is 4.00. The van der Waals surface area contributed by atoms with Gasteiger partial charge in [0, 0.05) is 32.2 Å². The molecule has 0 spiro atoms. The summed E-state index contributed by atoms with van der Waals surface area (Å²) in [7, 11) is 0. The molecule has 0 aliphatic heterocycles. The van der Waals surface area contributed by atoms with Gasteiger partial charge in [-0.15, -0.1) is 0 Å². The molecule has 2 aromatic carbocycles. The molecule has 0 aliphatic carbocycles. The maximum absolute atomic E-state index is 12.2. The van der Waals surface area contributed by atoms with Gasteiger partial charge in [0.15, 0.2) is 5.78 Å². The highest BCUT2D eigenvalue weighted by Crippen LogP contribution is 2.32. The zero-order chi connectivity index (χ0) is 18.7. The van der Waals surface area contributed by atoms with Crippen LogP contribution in [0.15, 0.2) is 74.0 Å². The van der Waals surface area contributed by atoms with Crippen LogP contribution in [0.25, 0.3) is 17.4 Å². The van der Waals surface area contributed by atoms with E-state index in [1.165, 1.54) is 18.2 Å². The number of allylic oxidation sites excluding steroid dienone is 1. The van der Waals surface area contributed by atoms with Crippen LogP contribution in [0.1, 0.15) is 16.1 Å². The lowest BCUT2D eigenvalue weighted by molar-refractivity contribution is -0.384. The van der Waals surface area contributed by atoms with E-state index in [9.17, 15) is 14.9 Å². The molecule has 0 bridgehead atoms. The summed E-state index contributed by atoms with van der Waals surface area (Å²) < 4.78 is 7.00. The van der Waals surface area contributed by atoms with E-state index in [1.54, 1.807) is 42.5 Å². The zero-order valence-corrected chi connectivity index (χ0v) is 16.4.